The number of carbonyl (C=O) groups is 2. The molecule has 0 aromatic rings. The Kier molecular flexibility index (Phi) is 4.80. The smallest absolute Gasteiger partial charge is 0.306 e. The molecule has 0 spiro atoms. The fraction of sp³-hybridized carbons (Fsp3) is 0.857. The third kappa shape index (κ3) is 3.47. The van der Waals surface area contributed by atoms with E-state index in [1.54, 1.807) is 7.11 Å². The molecule has 1 amide bonds. The number of amides is 1. The molecule has 1 saturated carbocycles. The van der Waals surface area contributed by atoms with Crippen molar-refractivity contribution in [2.24, 2.45) is 11.8 Å². The molecule has 1 N–H and O–H groups in total. The molecule has 108 valence electrons. The number of ether oxygens (including phenoxy) is 1. The normalized spacial score (nSPS) is 32.1. The lowest BCUT2D eigenvalue weighted by atomic mass is 9.80. The number of hydrogen-bond donors (Lipinski definition) is 1. The molecule has 2 fully saturated rings. The maximum absolute atomic E-state index is 12.5. The minimum absolute atomic E-state index is 0.106. The Hall–Kier alpha value is -1.10. The summed E-state index contributed by atoms with van der Waals surface area (Å²) in [6.07, 6.45) is 4.99. The molecular formula is C14H23NO4. The number of aliphatic carboxylic acids is 1. The van der Waals surface area contributed by atoms with Gasteiger partial charge in [0.25, 0.3) is 0 Å². The van der Waals surface area contributed by atoms with E-state index in [9.17, 15) is 9.59 Å². The maximum Gasteiger partial charge on any atom is 0.306 e. The second-order valence-corrected chi connectivity index (χ2v) is 5.68. The summed E-state index contributed by atoms with van der Waals surface area (Å²) in [7, 11) is 1.68. The third-order valence-corrected chi connectivity index (χ3v) is 4.40. The quantitative estimate of drug-likeness (QED) is 0.843. The summed E-state index contributed by atoms with van der Waals surface area (Å²) in [4.78, 5) is 25.4. The monoisotopic (exact) mass is 269 g/mol. The summed E-state index contributed by atoms with van der Waals surface area (Å²) in [5, 5.41) is 9.08. The third-order valence-electron chi connectivity index (χ3n) is 4.40. The Morgan fingerprint density at radius 2 is 1.89 bits per heavy atom. The standard InChI is InChI=1S/C14H23NO4/c1-19-12-6-3-7-15(9-12)13(16)10-4-2-5-11(8-10)14(17)18/h10-12H,2-9H2,1H3,(H,17,18). The Balaban J connectivity index is 1.93. The average Bonchev–Trinajstić information content (AvgIpc) is 2.46. The SMILES string of the molecule is COC1CCCN(C(=O)C2CCCC(C(=O)O)C2)C1. The van der Waals surface area contributed by atoms with Gasteiger partial charge in [-0.1, -0.05) is 6.42 Å². The van der Waals surface area contributed by atoms with E-state index in [0.29, 0.717) is 19.4 Å². The number of nitrogens with zero attached hydrogens (tertiary/aromatic N) is 1. The predicted molar refractivity (Wildman–Crippen MR) is 69.7 cm³/mol. The molecule has 1 aliphatic heterocycles. The first-order chi connectivity index (χ1) is 9.11. The lowest BCUT2D eigenvalue weighted by Crippen LogP contribution is -2.46. The summed E-state index contributed by atoms with van der Waals surface area (Å²) in [5.41, 5.74) is 0. The van der Waals surface area contributed by atoms with Gasteiger partial charge in [-0.2, -0.15) is 0 Å². The number of carboxylic acids is 1. The van der Waals surface area contributed by atoms with Crippen molar-refractivity contribution in [1.82, 2.24) is 4.90 Å². The van der Waals surface area contributed by atoms with Crippen LogP contribution in [0.25, 0.3) is 0 Å². The number of piperidine rings is 1. The zero-order valence-electron chi connectivity index (χ0n) is 11.5. The van der Waals surface area contributed by atoms with Gasteiger partial charge in [-0.05, 0) is 32.1 Å². The summed E-state index contributed by atoms with van der Waals surface area (Å²) >= 11 is 0. The highest BCUT2D eigenvalue weighted by Crippen LogP contribution is 2.31. The topological polar surface area (TPSA) is 66.8 Å². The average molecular weight is 269 g/mol. The van der Waals surface area contributed by atoms with E-state index in [0.717, 1.165) is 32.2 Å². The molecule has 0 radical (unpaired) electrons. The first-order valence-corrected chi connectivity index (χ1v) is 7.16. The highest BCUT2D eigenvalue weighted by Gasteiger charge is 2.34. The van der Waals surface area contributed by atoms with Crippen molar-refractivity contribution >= 4 is 11.9 Å². The lowest BCUT2D eigenvalue weighted by molar-refractivity contribution is -0.146. The number of rotatable bonds is 3. The molecule has 0 bridgehead atoms. The van der Waals surface area contributed by atoms with Crippen LogP contribution in [0.3, 0.4) is 0 Å². The Morgan fingerprint density at radius 3 is 2.58 bits per heavy atom. The second-order valence-electron chi connectivity index (χ2n) is 5.68. The van der Waals surface area contributed by atoms with Crippen LogP contribution < -0.4 is 0 Å². The van der Waals surface area contributed by atoms with Crippen LogP contribution in [-0.2, 0) is 14.3 Å². The summed E-state index contributed by atoms with van der Waals surface area (Å²) < 4.78 is 5.33. The highest BCUT2D eigenvalue weighted by atomic mass is 16.5. The minimum Gasteiger partial charge on any atom is -0.481 e. The largest absolute Gasteiger partial charge is 0.481 e. The molecule has 1 saturated heterocycles. The Bertz CT molecular complexity index is 344. The molecule has 5 heteroatoms. The van der Waals surface area contributed by atoms with Crippen LogP contribution in [0, 0.1) is 11.8 Å². The Morgan fingerprint density at radius 1 is 1.16 bits per heavy atom. The molecule has 3 unspecified atom stereocenters. The van der Waals surface area contributed by atoms with Crippen molar-refractivity contribution < 1.29 is 19.4 Å². The zero-order chi connectivity index (χ0) is 13.8. The zero-order valence-corrected chi connectivity index (χ0v) is 11.5. The van der Waals surface area contributed by atoms with Crippen LogP contribution in [0.4, 0.5) is 0 Å². The molecule has 0 aromatic heterocycles. The van der Waals surface area contributed by atoms with Gasteiger partial charge in [0.05, 0.1) is 12.0 Å². The van der Waals surface area contributed by atoms with Gasteiger partial charge in [-0.15, -0.1) is 0 Å². The van der Waals surface area contributed by atoms with Crippen LogP contribution >= 0.6 is 0 Å². The van der Waals surface area contributed by atoms with E-state index in [-0.39, 0.29) is 23.8 Å². The van der Waals surface area contributed by atoms with E-state index in [4.69, 9.17) is 9.84 Å². The van der Waals surface area contributed by atoms with Gasteiger partial charge in [0.15, 0.2) is 0 Å². The van der Waals surface area contributed by atoms with E-state index >= 15 is 0 Å². The van der Waals surface area contributed by atoms with Gasteiger partial charge < -0.3 is 14.7 Å². The fourth-order valence-corrected chi connectivity index (χ4v) is 3.23. The predicted octanol–water partition coefficient (Wildman–Crippen LogP) is 1.51. The molecule has 2 aliphatic rings. The lowest BCUT2D eigenvalue weighted by Gasteiger charge is -2.36. The minimum atomic E-state index is -0.758. The van der Waals surface area contributed by atoms with Crippen LogP contribution in [0.5, 0.6) is 0 Å². The summed E-state index contributed by atoms with van der Waals surface area (Å²) in [6.45, 7) is 1.44. The van der Waals surface area contributed by atoms with Gasteiger partial charge in [-0.3, -0.25) is 9.59 Å². The van der Waals surface area contributed by atoms with Crippen molar-refractivity contribution in [1.29, 1.82) is 0 Å². The molecule has 2 rings (SSSR count). The maximum atomic E-state index is 12.5. The van der Waals surface area contributed by atoms with Crippen LogP contribution in [0.2, 0.25) is 0 Å². The summed E-state index contributed by atoms with van der Waals surface area (Å²) in [5.74, 6) is -1.07. The highest BCUT2D eigenvalue weighted by molar-refractivity contribution is 5.80. The van der Waals surface area contributed by atoms with Gasteiger partial charge in [0.2, 0.25) is 5.91 Å². The van der Waals surface area contributed by atoms with Crippen molar-refractivity contribution in [3.8, 4) is 0 Å². The number of methoxy groups -OCH3 is 1. The molecule has 3 atom stereocenters. The van der Waals surface area contributed by atoms with Crippen LogP contribution in [0.15, 0.2) is 0 Å². The molecule has 19 heavy (non-hydrogen) atoms. The summed E-state index contributed by atoms with van der Waals surface area (Å²) in [6, 6.07) is 0. The molecule has 5 nitrogen and oxygen atoms in total. The first-order valence-electron chi connectivity index (χ1n) is 7.16. The molecular weight excluding hydrogens is 246 g/mol. The van der Waals surface area contributed by atoms with Gasteiger partial charge >= 0.3 is 5.97 Å². The Labute approximate surface area is 113 Å². The second kappa shape index (κ2) is 6.37. The van der Waals surface area contributed by atoms with E-state index < -0.39 is 5.97 Å². The van der Waals surface area contributed by atoms with Gasteiger partial charge in [0.1, 0.15) is 0 Å². The first kappa shape index (κ1) is 14.3. The van der Waals surface area contributed by atoms with Crippen LogP contribution in [0.1, 0.15) is 38.5 Å². The number of carboxylic acid groups (broad SMARTS) is 1. The van der Waals surface area contributed by atoms with Crippen molar-refractivity contribution in [2.75, 3.05) is 20.2 Å². The van der Waals surface area contributed by atoms with Crippen molar-refractivity contribution in [3.05, 3.63) is 0 Å². The number of likely N-dealkylation sites (tertiary alicyclic amines) is 1. The fourth-order valence-electron chi connectivity index (χ4n) is 3.23. The van der Waals surface area contributed by atoms with Crippen molar-refractivity contribution in [3.63, 3.8) is 0 Å². The van der Waals surface area contributed by atoms with Gasteiger partial charge in [0, 0.05) is 26.1 Å². The number of carbonyl (C=O) groups excluding carboxylic acids is 1. The molecule has 0 aromatic carbocycles. The number of hydrogen-bond acceptors (Lipinski definition) is 3. The van der Waals surface area contributed by atoms with E-state index in [1.807, 2.05) is 4.90 Å². The van der Waals surface area contributed by atoms with Crippen LogP contribution in [-0.4, -0.2) is 48.2 Å². The molecule has 1 aliphatic carbocycles. The van der Waals surface area contributed by atoms with Gasteiger partial charge in [-0.25, -0.2) is 0 Å². The van der Waals surface area contributed by atoms with E-state index in [1.165, 1.54) is 0 Å². The van der Waals surface area contributed by atoms with Crippen molar-refractivity contribution in [2.45, 2.75) is 44.6 Å². The molecule has 1 heterocycles. The van der Waals surface area contributed by atoms with E-state index in [2.05, 4.69) is 0 Å².